The highest BCUT2D eigenvalue weighted by atomic mass is 16.5. The standard InChI is InChI=1S/C15H23NO2.C15H23NO.C15H25NO.C14H23NO.C13H21NO/c1-13(2)14-3-5-15(6-4-14)18-12-9-16-7-10-17-11-8-16;1-13(2)14-5-7-15(8-6-14)17-12-11-16-9-3-4-10-16;1-5-16(6-2)11-12-17-15-9-7-14(8-10-15)13(3)4;1-12(2)13-6-8-14(9-7-13)16-11-5-10-15(3)4;1-11(2)12-5-7-13(8-6-12)15-10-9-14(3)4/h3-6,13H,7-12H2,1-2H3;5-8,13H,3-4,9-12H2,1-2H3;7-10,13H,5-6,11-12H2,1-4H3;6-9,12H,5,10-11H2,1-4H3;5-8,11H,9-10H2,1-4H3. The van der Waals surface area contributed by atoms with E-state index in [9.17, 15) is 0 Å². The largest absolute Gasteiger partial charge is 0.494 e. The Balaban J connectivity index is 0.000000272. The molecule has 5 aromatic carbocycles. The fraction of sp³-hybridized carbons (Fsp3) is 0.583. The summed E-state index contributed by atoms with van der Waals surface area (Å²) in [6.45, 7) is 43.7. The van der Waals surface area contributed by atoms with Crippen LogP contribution in [0.15, 0.2) is 121 Å². The molecule has 0 unspecified atom stereocenters. The minimum atomic E-state index is 0.576. The van der Waals surface area contributed by atoms with Crippen molar-refractivity contribution >= 4 is 0 Å². The van der Waals surface area contributed by atoms with Crippen LogP contribution in [-0.2, 0) is 4.74 Å². The van der Waals surface area contributed by atoms with E-state index in [0.29, 0.717) is 29.6 Å². The molecule has 0 spiro atoms. The zero-order chi connectivity index (χ0) is 60.8. The highest BCUT2D eigenvalue weighted by Gasteiger charge is 2.12. The van der Waals surface area contributed by atoms with Crippen LogP contribution in [0.2, 0.25) is 0 Å². The number of morpholine rings is 1. The summed E-state index contributed by atoms with van der Waals surface area (Å²) in [6, 6.07) is 42.1. The maximum atomic E-state index is 5.76. The highest BCUT2D eigenvalue weighted by Crippen LogP contribution is 2.23. The number of hydrogen-bond donors (Lipinski definition) is 0. The van der Waals surface area contributed by atoms with Crippen molar-refractivity contribution in [1.82, 2.24) is 24.5 Å². The van der Waals surface area contributed by atoms with Gasteiger partial charge in [-0.15, -0.1) is 0 Å². The molecule has 0 aromatic heterocycles. The first-order chi connectivity index (χ1) is 39.9. The monoisotopic (exact) mass is 1150 g/mol. The fourth-order valence-corrected chi connectivity index (χ4v) is 8.91. The van der Waals surface area contributed by atoms with Crippen LogP contribution in [-0.4, -0.2) is 171 Å². The molecule has 7 rings (SSSR count). The molecule has 2 fully saturated rings. The maximum absolute atomic E-state index is 5.76. The van der Waals surface area contributed by atoms with Gasteiger partial charge in [-0.2, -0.15) is 0 Å². The van der Waals surface area contributed by atoms with E-state index in [4.69, 9.17) is 28.4 Å². The number of hydrogen-bond acceptors (Lipinski definition) is 11. The molecule has 0 amide bonds. The lowest BCUT2D eigenvalue weighted by Crippen LogP contribution is -2.38. The molecule has 2 heterocycles. The molecule has 0 bridgehead atoms. The van der Waals surface area contributed by atoms with Gasteiger partial charge in [0, 0.05) is 45.8 Å². The van der Waals surface area contributed by atoms with Crippen molar-refractivity contribution < 1.29 is 28.4 Å². The third-order valence-corrected chi connectivity index (χ3v) is 14.8. The lowest BCUT2D eigenvalue weighted by Gasteiger charge is -2.26. The van der Waals surface area contributed by atoms with Crippen LogP contribution in [0.3, 0.4) is 0 Å². The Hall–Kier alpha value is -5.14. The Kier molecular flexibility index (Phi) is 37.0. The smallest absolute Gasteiger partial charge is 0.119 e. The molecule has 0 saturated carbocycles. The predicted molar refractivity (Wildman–Crippen MR) is 353 cm³/mol. The van der Waals surface area contributed by atoms with Crippen molar-refractivity contribution in [2.45, 2.75) is 132 Å². The van der Waals surface area contributed by atoms with Gasteiger partial charge in [-0.1, -0.05) is 144 Å². The van der Waals surface area contributed by atoms with Crippen LogP contribution in [0.1, 0.15) is 160 Å². The Morgan fingerprint density at radius 3 is 0.928 bits per heavy atom. The summed E-state index contributed by atoms with van der Waals surface area (Å²) in [5, 5.41) is 0. The van der Waals surface area contributed by atoms with E-state index in [1.807, 2.05) is 26.2 Å². The summed E-state index contributed by atoms with van der Waals surface area (Å²) in [5.74, 6) is 7.79. The molecule has 2 aliphatic heterocycles. The van der Waals surface area contributed by atoms with Gasteiger partial charge in [0.1, 0.15) is 55.2 Å². The molecule has 5 aromatic rings. The zero-order valence-corrected chi connectivity index (χ0v) is 55.0. The summed E-state index contributed by atoms with van der Waals surface area (Å²) in [5.41, 5.74) is 6.81. The summed E-state index contributed by atoms with van der Waals surface area (Å²) < 4.78 is 33.8. The summed E-state index contributed by atoms with van der Waals surface area (Å²) in [7, 11) is 8.26. The number of benzene rings is 5. The summed E-state index contributed by atoms with van der Waals surface area (Å²) >= 11 is 0. The maximum Gasteiger partial charge on any atom is 0.119 e. The van der Waals surface area contributed by atoms with Gasteiger partial charge in [0.25, 0.3) is 0 Å². The number of nitrogens with zero attached hydrogens (tertiary/aromatic N) is 5. The SMILES string of the molecule is CC(C)c1ccc(OCCCN(C)C)cc1.CC(C)c1ccc(OCCN(C)C)cc1.CC(C)c1ccc(OCCN2CCCC2)cc1.CC(C)c1ccc(OCCN2CCOCC2)cc1.CCN(CC)CCOc1ccc(C(C)C)cc1. The van der Waals surface area contributed by atoms with Crippen LogP contribution in [0, 0.1) is 0 Å². The molecule has 0 aliphatic carbocycles. The van der Waals surface area contributed by atoms with Gasteiger partial charge < -0.3 is 43.1 Å². The van der Waals surface area contributed by atoms with Crippen LogP contribution in [0.5, 0.6) is 28.7 Å². The average Bonchev–Trinajstić information content (AvgIpc) is 4.01. The molecular formula is C72H115N5O6. The van der Waals surface area contributed by atoms with Crippen LogP contribution < -0.4 is 23.7 Å². The molecular weight excluding hydrogens is 1030 g/mol. The molecule has 0 atom stereocenters. The second-order valence-electron chi connectivity index (χ2n) is 23.9. The minimum absolute atomic E-state index is 0.576. The Labute approximate surface area is 506 Å². The lowest BCUT2D eigenvalue weighted by molar-refractivity contribution is 0.0322. The van der Waals surface area contributed by atoms with Gasteiger partial charge in [0.2, 0.25) is 0 Å². The third kappa shape index (κ3) is 32.6. The van der Waals surface area contributed by atoms with Crippen molar-refractivity contribution in [2.24, 2.45) is 0 Å². The second-order valence-corrected chi connectivity index (χ2v) is 23.9. The number of likely N-dealkylation sites (tertiary alicyclic amines) is 1. The molecule has 0 radical (unpaired) electrons. The van der Waals surface area contributed by atoms with Gasteiger partial charge in [0.15, 0.2) is 0 Å². The number of rotatable bonds is 28. The highest BCUT2D eigenvalue weighted by molar-refractivity contribution is 5.32. The lowest BCUT2D eigenvalue weighted by atomic mass is 10.0. The topological polar surface area (TPSA) is 71.6 Å². The van der Waals surface area contributed by atoms with Crippen molar-refractivity contribution in [3.63, 3.8) is 0 Å². The number of ether oxygens (including phenoxy) is 6. The Bertz CT molecular complexity index is 2250. The predicted octanol–water partition coefficient (Wildman–Crippen LogP) is 15.2. The quantitative estimate of drug-likeness (QED) is 0.0450. The van der Waals surface area contributed by atoms with E-state index in [2.05, 4.69) is 231 Å². The van der Waals surface area contributed by atoms with Crippen LogP contribution in [0.25, 0.3) is 0 Å². The van der Waals surface area contributed by atoms with E-state index < -0.39 is 0 Å². The van der Waals surface area contributed by atoms with E-state index in [0.717, 1.165) is 140 Å². The van der Waals surface area contributed by atoms with E-state index in [1.54, 1.807) is 0 Å². The van der Waals surface area contributed by atoms with Crippen molar-refractivity contribution in [1.29, 1.82) is 0 Å². The van der Waals surface area contributed by atoms with Crippen molar-refractivity contribution in [3.8, 4) is 28.7 Å². The third-order valence-electron chi connectivity index (χ3n) is 14.8. The second kappa shape index (κ2) is 42.6. The number of likely N-dealkylation sites (N-methyl/N-ethyl adjacent to an activating group) is 2. The van der Waals surface area contributed by atoms with Crippen LogP contribution in [0.4, 0.5) is 0 Å². The first-order valence-corrected chi connectivity index (χ1v) is 31.5. The molecule has 2 saturated heterocycles. The molecule has 464 valence electrons. The zero-order valence-electron chi connectivity index (χ0n) is 55.0. The van der Waals surface area contributed by atoms with E-state index >= 15 is 0 Å². The fourth-order valence-electron chi connectivity index (χ4n) is 8.91. The van der Waals surface area contributed by atoms with Gasteiger partial charge >= 0.3 is 0 Å². The van der Waals surface area contributed by atoms with Gasteiger partial charge in [0.05, 0.1) is 19.8 Å². The summed E-state index contributed by atoms with van der Waals surface area (Å²) in [6.07, 6.45) is 3.77. The minimum Gasteiger partial charge on any atom is -0.494 e. The van der Waals surface area contributed by atoms with E-state index in [1.165, 1.54) is 53.7 Å². The molecule has 0 N–H and O–H groups in total. The summed E-state index contributed by atoms with van der Waals surface area (Å²) in [4.78, 5) is 11.5. The molecule has 11 nitrogen and oxygen atoms in total. The first kappa shape index (κ1) is 72.1. The molecule has 83 heavy (non-hydrogen) atoms. The Morgan fingerprint density at radius 1 is 0.361 bits per heavy atom. The average molecular weight is 1150 g/mol. The van der Waals surface area contributed by atoms with Gasteiger partial charge in [-0.3, -0.25) is 9.80 Å². The molecule has 11 heteroatoms. The van der Waals surface area contributed by atoms with Gasteiger partial charge in [-0.05, 0) is 192 Å². The van der Waals surface area contributed by atoms with Crippen LogP contribution >= 0.6 is 0 Å². The normalized spacial score (nSPS) is 13.5. The van der Waals surface area contributed by atoms with Crippen molar-refractivity contribution in [2.75, 3.05) is 146 Å². The Morgan fingerprint density at radius 2 is 0.639 bits per heavy atom. The van der Waals surface area contributed by atoms with Gasteiger partial charge in [-0.25, -0.2) is 0 Å². The first-order valence-electron chi connectivity index (χ1n) is 31.5. The molecule has 2 aliphatic rings. The van der Waals surface area contributed by atoms with Crippen molar-refractivity contribution in [3.05, 3.63) is 149 Å². The van der Waals surface area contributed by atoms with E-state index in [-0.39, 0.29) is 0 Å².